The maximum absolute atomic E-state index is 13.8. The van der Waals surface area contributed by atoms with Crippen LogP contribution in [0.1, 0.15) is 52.0 Å². The van der Waals surface area contributed by atoms with Crippen LogP contribution < -0.4 is 15.8 Å². The normalized spacial score (nSPS) is 17.5. The first-order chi connectivity index (χ1) is 16.9. The SMILES string of the molecule is COc1cccc(C(=O)Nc2ccc(CN(C(=O)c3cccc(F)c3)C3CCC(N)CC3)cc2)c1. The fourth-order valence-corrected chi connectivity index (χ4v) is 4.43. The van der Waals surface area contributed by atoms with Crippen LogP contribution in [-0.4, -0.2) is 35.9 Å². The topological polar surface area (TPSA) is 84.7 Å². The molecule has 2 amide bonds. The fourth-order valence-electron chi connectivity index (χ4n) is 4.43. The Morgan fingerprint density at radius 2 is 1.66 bits per heavy atom. The molecule has 0 bridgehead atoms. The number of nitrogens with zero attached hydrogens (tertiary/aromatic N) is 1. The number of amides is 2. The minimum atomic E-state index is -0.433. The van der Waals surface area contributed by atoms with E-state index in [2.05, 4.69) is 5.32 Å². The van der Waals surface area contributed by atoms with Crippen molar-refractivity contribution in [2.24, 2.45) is 5.73 Å². The van der Waals surface area contributed by atoms with Gasteiger partial charge in [0.15, 0.2) is 0 Å². The number of nitrogens with two attached hydrogens (primary N) is 1. The van der Waals surface area contributed by atoms with Gasteiger partial charge in [0.1, 0.15) is 11.6 Å². The van der Waals surface area contributed by atoms with Crippen LogP contribution in [0.4, 0.5) is 10.1 Å². The Morgan fingerprint density at radius 1 is 0.971 bits per heavy atom. The number of ether oxygens (including phenoxy) is 1. The number of nitrogens with one attached hydrogen (secondary N) is 1. The molecule has 0 unspecified atom stereocenters. The molecule has 6 nitrogen and oxygen atoms in total. The maximum Gasteiger partial charge on any atom is 0.255 e. The summed E-state index contributed by atoms with van der Waals surface area (Å²) >= 11 is 0. The molecule has 0 radical (unpaired) electrons. The van der Waals surface area contributed by atoms with Crippen LogP contribution in [0.5, 0.6) is 5.75 Å². The van der Waals surface area contributed by atoms with Crippen LogP contribution in [0.25, 0.3) is 0 Å². The summed E-state index contributed by atoms with van der Waals surface area (Å²) in [6.45, 7) is 0.388. The second-order valence-electron chi connectivity index (χ2n) is 8.90. The summed E-state index contributed by atoms with van der Waals surface area (Å²) < 4.78 is 19.0. The van der Waals surface area contributed by atoms with Gasteiger partial charge in [0.05, 0.1) is 7.11 Å². The lowest BCUT2D eigenvalue weighted by atomic mass is 9.90. The van der Waals surface area contributed by atoms with E-state index in [9.17, 15) is 14.0 Å². The lowest BCUT2D eigenvalue weighted by Gasteiger charge is -2.36. The molecule has 3 aromatic carbocycles. The third-order valence-corrected chi connectivity index (χ3v) is 6.41. The van der Waals surface area contributed by atoms with Crippen LogP contribution in [0.3, 0.4) is 0 Å². The zero-order valence-electron chi connectivity index (χ0n) is 19.7. The summed E-state index contributed by atoms with van der Waals surface area (Å²) in [5.74, 6) is -0.254. The van der Waals surface area contributed by atoms with E-state index in [1.165, 1.54) is 12.1 Å². The van der Waals surface area contributed by atoms with Gasteiger partial charge < -0.3 is 20.7 Å². The quantitative estimate of drug-likeness (QED) is 0.504. The Kier molecular flexibility index (Phi) is 7.77. The lowest BCUT2D eigenvalue weighted by Crippen LogP contribution is -2.43. The number of hydrogen-bond acceptors (Lipinski definition) is 4. The largest absolute Gasteiger partial charge is 0.497 e. The standard InChI is InChI=1S/C28H30FN3O3/c1-35-26-7-3-4-20(17-26)27(33)31-24-12-8-19(9-13-24)18-32(25-14-10-23(30)11-15-25)28(34)21-5-2-6-22(29)16-21/h2-9,12-13,16-17,23,25H,10-11,14-15,18,30H2,1H3,(H,31,33). The Hall–Kier alpha value is -3.71. The monoisotopic (exact) mass is 475 g/mol. The molecule has 0 spiro atoms. The number of benzene rings is 3. The molecule has 0 atom stereocenters. The van der Waals surface area contributed by atoms with Crippen LogP contribution in [-0.2, 0) is 6.54 Å². The molecule has 7 heteroatoms. The fraction of sp³-hybridized carbons (Fsp3) is 0.286. The summed E-state index contributed by atoms with van der Waals surface area (Å²) in [6.07, 6.45) is 3.34. The molecule has 0 saturated heterocycles. The van der Waals surface area contributed by atoms with E-state index in [1.807, 2.05) is 29.2 Å². The highest BCUT2D eigenvalue weighted by atomic mass is 19.1. The molecule has 0 aromatic heterocycles. The number of carbonyl (C=O) groups excluding carboxylic acids is 2. The van der Waals surface area contributed by atoms with Crippen molar-refractivity contribution in [2.45, 2.75) is 44.3 Å². The second kappa shape index (κ2) is 11.1. The van der Waals surface area contributed by atoms with E-state index in [0.29, 0.717) is 29.1 Å². The average Bonchev–Trinajstić information content (AvgIpc) is 2.88. The minimum Gasteiger partial charge on any atom is -0.497 e. The Bertz CT molecular complexity index is 1170. The molecule has 3 N–H and O–H groups in total. The predicted molar refractivity (Wildman–Crippen MR) is 134 cm³/mol. The molecule has 1 fully saturated rings. The third kappa shape index (κ3) is 6.25. The highest BCUT2D eigenvalue weighted by Gasteiger charge is 2.28. The first-order valence-electron chi connectivity index (χ1n) is 11.8. The van der Waals surface area contributed by atoms with E-state index < -0.39 is 5.82 Å². The van der Waals surface area contributed by atoms with E-state index in [1.54, 1.807) is 43.5 Å². The van der Waals surface area contributed by atoms with E-state index in [0.717, 1.165) is 31.2 Å². The molecule has 0 aliphatic heterocycles. The van der Waals surface area contributed by atoms with E-state index in [-0.39, 0.29) is 23.9 Å². The summed E-state index contributed by atoms with van der Waals surface area (Å²) in [5.41, 5.74) is 8.48. The zero-order valence-corrected chi connectivity index (χ0v) is 19.7. The summed E-state index contributed by atoms with van der Waals surface area (Å²) in [5, 5.41) is 2.88. The maximum atomic E-state index is 13.8. The number of rotatable bonds is 7. The molecule has 3 aromatic rings. The van der Waals surface area contributed by atoms with Gasteiger partial charge in [-0.3, -0.25) is 9.59 Å². The second-order valence-corrected chi connectivity index (χ2v) is 8.90. The molecular formula is C28H30FN3O3. The smallest absolute Gasteiger partial charge is 0.255 e. The van der Waals surface area contributed by atoms with Crippen molar-refractivity contribution in [3.63, 3.8) is 0 Å². The van der Waals surface area contributed by atoms with Crippen molar-refractivity contribution in [3.05, 3.63) is 95.3 Å². The Balaban J connectivity index is 1.48. The van der Waals surface area contributed by atoms with Gasteiger partial charge in [0.25, 0.3) is 11.8 Å². The number of hydrogen-bond donors (Lipinski definition) is 2. The Labute approximate surface area is 204 Å². The highest BCUT2D eigenvalue weighted by Crippen LogP contribution is 2.26. The predicted octanol–water partition coefficient (Wildman–Crippen LogP) is 5.00. The summed E-state index contributed by atoms with van der Waals surface area (Å²) in [4.78, 5) is 27.8. The van der Waals surface area contributed by atoms with Gasteiger partial charge in [-0.2, -0.15) is 0 Å². The minimum absolute atomic E-state index is 0.0398. The van der Waals surface area contributed by atoms with Gasteiger partial charge in [0, 0.05) is 35.4 Å². The molecule has 182 valence electrons. The van der Waals surface area contributed by atoms with Crippen molar-refractivity contribution in [1.82, 2.24) is 4.90 Å². The van der Waals surface area contributed by atoms with Gasteiger partial charge >= 0.3 is 0 Å². The van der Waals surface area contributed by atoms with Crippen LogP contribution in [0.2, 0.25) is 0 Å². The summed E-state index contributed by atoms with van der Waals surface area (Å²) in [7, 11) is 1.56. The third-order valence-electron chi connectivity index (χ3n) is 6.41. The molecule has 1 saturated carbocycles. The lowest BCUT2D eigenvalue weighted by molar-refractivity contribution is 0.0606. The number of anilines is 1. The zero-order chi connectivity index (χ0) is 24.8. The first kappa shape index (κ1) is 24.4. The molecule has 0 heterocycles. The van der Waals surface area contributed by atoms with Crippen molar-refractivity contribution in [1.29, 1.82) is 0 Å². The van der Waals surface area contributed by atoms with Crippen molar-refractivity contribution >= 4 is 17.5 Å². The molecular weight excluding hydrogens is 445 g/mol. The van der Waals surface area contributed by atoms with Crippen molar-refractivity contribution < 1.29 is 18.7 Å². The van der Waals surface area contributed by atoms with Gasteiger partial charge in [-0.15, -0.1) is 0 Å². The highest BCUT2D eigenvalue weighted by molar-refractivity contribution is 6.04. The van der Waals surface area contributed by atoms with Crippen molar-refractivity contribution in [3.8, 4) is 5.75 Å². The molecule has 35 heavy (non-hydrogen) atoms. The Morgan fingerprint density at radius 3 is 2.34 bits per heavy atom. The van der Waals surface area contributed by atoms with Gasteiger partial charge in [-0.1, -0.05) is 24.3 Å². The van der Waals surface area contributed by atoms with Crippen LogP contribution >= 0.6 is 0 Å². The van der Waals surface area contributed by atoms with Crippen LogP contribution in [0, 0.1) is 5.82 Å². The first-order valence-corrected chi connectivity index (χ1v) is 11.8. The van der Waals surface area contributed by atoms with Crippen LogP contribution in [0.15, 0.2) is 72.8 Å². The molecule has 1 aliphatic rings. The molecule has 1 aliphatic carbocycles. The molecule has 4 rings (SSSR count). The average molecular weight is 476 g/mol. The van der Waals surface area contributed by atoms with Gasteiger partial charge in [0.2, 0.25) is 0 Å². The summed E-state index contributed by atoms with van der Waals surface area (Å²) in [6, 6.07) is 20.4. The van der Waals surface area contributed by atoms with Gasteiger partial charge in [-0.05, 0) is 79.8 Å². The number of halogens is 1. The van der Waals surface area contributed by atoms with E-state index >= 15 is 0 Å². The number of carbonyl (C=O) groups is 2. The van der Waals surface area contributed by atoms with Crippen molar-refractivity contribution in [2.75, 3.05) is 12.4 Å². The number of methoxy groups -OCH3 is 1. The van der Waals surface area contributed by atoms with E-state index in [4.69, 9.17) is 10.5 Å². The van der Waals surface area contributed by atoms with Gasteiger partial charge in [-0.25, -0.2) is 4.39 Å².